The molecule has 2 aliphatic rings. The molecule has 0 atom stereocenters. The Labute approximate surface area is 90.8 Å². The Morgan fingerprint density at radius 1 is 1.27 bits per heavy atom. The van der Waals surface area contributed by atoms with Gasteiger partial charge in [-0.3, -0.25) is 9.80 Å². The van der Waals surface area contributed by atoms with Crippen LogP contribution in [0.5, 0.6) is 0 Å². The van der Waals surface area contributed by atoms with E-state index in [0.717, 1.165) is 6.54 Å². The second-order valence-electron chi connectivity index (χ2n) is 4.45. The molecule has 1 saturated carbocycles. The number of β-amino-alcohol motifs (C(OH)–C–C–N with tert-alkyl or cyclic N) is 1. The second-order valence-corrected chi connectivity index (χ2v) is 4.45. The highest BCUT2D eigenvalue weighted by Gasteiger charge is 2.33. The number of carbonyl (C=O) groups excluding carboxylic acids is 1. The van der Waals surface area contributed by atoms with Crippen LogP contribution in [0, 0.1) is 0 Å². The van der Waals surface area contributed by atoms with Gasteiger partial charge in [0.15, 0.2) is 0 Å². The van der Waals surface area contributed by atoms with E-state index in [1.807, 2.05) is 0 Å². The third kappa shape index (κ3) is 2.32. The van der Waals surface area contributed by atoms with Crippen molar-refractivity contribution in [3.8, 4) is 0 Å². The maximum absolute atomic E-state index is 11.6. The zero-order chi connectivity index (χ0) is 10.7. The summed E-state index contributed by atoms with van der Waals surface area (Å²) in [7, 11) is 0. The Kier molecular flexibility index (Phi) is 3.59. The van der Waals surface area contributed by atoms with E-state index in [1.54, 1.807) is 5.01 Å². The molecule has 4 nitrogen and oxygen atoms in total. The highest BCUT2D eigenvalue weighted by atomic mass is 16.3. The molecule has 0 aromatic rings. The fourth-order valence-electron chi connectivity index (χ4n) is 2.71. The standard InChI is InChI=1S/C11H20N2O2/c14-9-8-13-11(15)6-7-12(13)10-4-2-1-3-5-10/h10,14H,1-9H2. The number of amides is 1. The summed E-state index contributed by atoms with van der Waals surface area (Å²) < 4.78 is 0. The fraction of sp³-hybridized carbons (Fsp3) is 0.909. The van der Waals surface area contributed by atoms with Gasteiger partial charge in [-0.2, -0.15) is 0 Å². The molecule has 86 valence electrons. The molecule has 0 aromatic heterocycles. The molecule has 1 aliphatic carbocycles. The molecule has 15 heavy (non-hydrogen) atoms. The normalized spacial score (nSPS) is 25.1. The Balaban J connectivity index is 1.97. The first-order chi connectivity index (χ1) is 7.33. The van der Waals surface area contributed by atoms with Gasteiger partial charge in [0.25, 0.3) is 0 Å². The van der Waals surface area contributed by atoms with Crippen molar-refractivity contribution in [1.82, 2.24) is 10.0 Å². The summed E-state index contributed by atoms with van der Waals surface area (Å²) in [5.74, 6) is 0.176. The monoisotopic (exact) mass is 212 g/mol. The van der Waals surface area contributed by atoms with E-state index in [1.165, 1.54) is 32.1 Å². The zero-order valence-corrected chi connectivity index (χ0v) is 9.19. The van der Waals surface area contributed by atoms with Crippen molar-refractivity contribution in [3.05, 3.63) is 0 Å². The molecule has 1 heterocycles. The zero-order valence-electron chi connectivity index (χ0n) is 9.19. The molecule has 0 bridgehead atoms. The quantitative estimate of drug-likeness (QED) is 0.751. The van der Waals surface area contributed by atoms with Gasteiger partial charge in [0, 0.05) is 19.0 Å². The lowest BCUT2D eigenvalue weighted by Gasteiger charge is -2.36. The third-order valence-corrected chi connectivity index (χ3v) is 3.46. The summed E-state index contributed by atoms with van der Waals surface area (Å²) in [6.07, 6.45) is 6.92. The van der Waals surface area contributed by atoms with Crippen molar-refractivity contribution < 1.29 is 9.90 Å². The summed E-state index contributed by atoms with van der Waals surface area (Å²) in [6, 6.07) is 0.539. The Bertz CT molecular complexity index is 227. The summed E-state index contributed by atoms with van der Waals surface area (Å²) in [5.41, 5.74) is 0. The van der Waals surface area contributed by atoms with Crippen molar-refractivity contribution >= 4 is 5.91 Å². The van der Waals surface area contributed by atoms with Crippen LogP contribution in [-0.2, 0) is 4.79 Å². The van der Waals surface area contributed by atoms with Gasteiger partial charge in [0.1, 0.15) is 0 Å². The Morgan fingerprint density at radius 3 is 2.67 bits per heavy atom. The lowest BCUT2D eigenvalue weighted by atomic mass is 9.95. The second kappa shape index (κ2) is 4.94. The summed E-state index contributed by atoms with van der Waals surface area (Å²) in [5, 5.41) is 12.9. The van der Waals surface area contributed by atoms with Crippen LogP contribution in [0.25, 0.3) is 0 Å². The topological polar surface area (TPSA) is 43.8 Å². The highest BCUT2D eigenvalue weighted by Crippen LogP contribution is 2.26. The van der Waals surface area contributed by atoms with Gasteiger partial charge in [-0.15, -0.1) is 0 Å². The van der Waals surface area contributed by atoms with Gasteiger partial charge in [-0.1, -0.05) is 19.3 Å². The molecule has 1 aliphatic heterocycles. The minimum absolute atomic E-state index is 0.0644. The molecule has 1 saturated heterocycles. The highest BCUT2D eigenvalue weighted by molar-refractivity contribution is 5.77. The number of aliphatic hydroxyl groups excluding tert-OH is 1. The van der Waals surface area contributed by atoms with Crippen LogP contribution in [0.15, 0.2) is 0 Å². The molecule has 0 aromatic carbocycles. The predicted molar refractivity (Wildman–Crippen MR) is 57.0 cm³/mol. The van der Waals surface area contributed by atoms with Crippen LogP contribution >= 0.6 is 0 Å². The van der Waals surface area contributed by atoms with Gasteiger partial charge >= 0.3 is 0 Å². The maximum Gasteiger partial charge on any atom is 0.238 e. The van der Waals surface area contributed by atoms with Crippen LogP contribution in [0.2, 0.25) is 0 Å². The van der Waals surface area contributed by atoms with Crippen molar-refractivity contribution in [2.24, 2.45) is 0 Å². The van der Waals surface area contributed by atoms with Crippen LogP contribution < -0.4 is 0 Å². The van der Waals surface area contributed by atoms with Crippen molar-refractivity contribution in [2.45, 2.75) is 44.6 Å². The van der Waals surface area contributed by atoms with Gasteiger partial charge < -0.3 is 5.11 Å². The van der Waals surface area contributed by atoms with Gasteiger partial charge in [0.05, 0.1) is 13.2 Å². The van der Waals surface area contributed by atoms with Crippen molar-refractivity contribution in [1.29, 1.82) is 0 Å². The maximum atomic E-state index is 11.6. The van der Waals surface area contributed by atoms with E-state index < -0.39 is 0 Å². The summed E-state index contributed by atoms with van der Waals surface area (Å²) in [6.45, 7) is 1.38. The Morgan fingerprint density at radius 2 is 2.00 bits per heavy atom. The molecule has 1 amide bonds. The van der Waals surface area contributed by atoms with E-state index >= 15 is 0 Å². The smallest absolute Gasteiger partial charge is 0.238 e. The van der Waals surface area contributed by atoms with Crippen LogP contribution in [-0.4, -0.2) is 46.8 Å². The first-order valence-electron chi connectivity index (χ1n) is 6.00. The molecule has 4 heteroatoms. The molecule has 0 unspecified atom stereocenters. The van der Waals surface area contributed by atoms with Gasteiger partial charge in [0.2, 0.25) is 5.91 Å². The number of hydrogen-bond donors (Lipinski definition) is 1. The lowest BCUT2D eigenvalue weighted by molar-refractivity contribution is -0.142. The number of hydrogen-bond acceptors (Lipinski definition) is 3. The van der Waals surface area contributed by atoms with Gasteiger partial charge in [-0.25, -0.2) is 5.01 Å². The molecular weight excluding hydrogens is 192 g/mol. The summed E-state index contributed by atoms with van der Waals surface area (Å²) >= 11 is 0. The van der Waals surface area contributed by atoms with E-state index in [9.17, 15) is 4.79 Å². The van der Waals surface area contributed by atoms with Crippen molar-refractivity contribution in [2.75, 3.05) is 19.7 Å². The average Bonchev–Trinajstić information content (AvgIpc) is 2.63. The minimum atomic E-state index is 0.0644. The molecule has 1 N–H and O–H groups in total. The lowest BCUT2D eigenvalue weighted by Crippen LogP contribution is -2.47. The first kappa shape index (κ1) is 10.9. The van der Waals surface area contributed by atoms with E-state index in [-0.39, 0.29) is 12.5 Å². The fourth-order valence-corrected chi connectivity index (χ4v) is 2.71. The minimum Gasteiger partial charge on any atom is -0.394 e. The first-order valence-corrected chi connectivity index (χ1v) is 6.00. The van der Waals surface area contributed by atoms with Crippen LogP contribution in [0.3, 0.4) is 0 Å². The third-order valence-electron chi connectivity index (χ3n) is 3.46. The number of rotatable bonds is 3. The van der Waals surface area contributed by atoms with Gasteiger partial charge in [-0.05, 0) is 12.8 Å². The molecule has 0 radical (unpaired) electrons. The van der Waals surface area contributed by atoms with Crippen LogP contribution in [0.4, 0.5) is 0 Å². The van der Waals surface area contributed by atoms with Crippen molar-refractivity contribution in [3.63, 3.8) is 0 Å². The van der Waals surface area contributed by atoms with E-state index in [4.69, 9.17) is 5.11 Å². The molecule has 2 fully saturated rings. The number of carbonyl (C=O) groups is 1. The summed E-state index contributed by atoms with van der Waals surface area (Å²) in [4.78, 5) is 11.6. The van der Waals surface area contributed by atoms with E-state index in [2.05, 4.69) is 5.01 Å². The van der Waals surface area contributed by atoms with Crippen LogP contribution in [0.1, 0.15) is 38.5 Å². The molecule has 2 rings (SSSR count). The number of hydrazine groups is 1. The molecular formula is C11H20N2O2. The Hall–Kier alpha value is -0.610. The number of nitrogens with zero attached hydrogens (tertiary/aromatic N) is 2. The predicted octanol–water partition coefficient (Wildman–Crippen LogP) is 0.761. The SMILES string of the molecule is O=C1CCN(C2CCCCC2)N1CCO. The largest absolute Gasteiger partial charge is 0.394 e. The molecule has 0 spiro atoms. The average molecular weight is 212 g/mol. The number of aliphatic hydroxyl groups is 1. The van der Waals surface area contributed by atoms with E-state index in [0.29, 0.717) is 19.0 Å².